The second-order valence-electron chi connectivity index (χ2n) is 9.26. The van der Waals surface area contributed by atoms with Crippen molar-refractivity contribution in [2.45, 2.75) is 19.9 Å². The molecule has 0 amide bonds. The summed E-state index contributed by atoms with van der Waals surface area (Å²) in [6.45, 7) is 6.38. The lowest BCUT2D eigenvalue weighted by Crippen LogP contribution is -2.30. The Kier molecular flexibility index (Phi) is 8.91. The molecule has 1 aliphatic rings. The maximum Gasteiger partial charge on any atom is 0.340 e. The Bertz CT molecular complexity index is 1300. The van der Waals surface area contributed by atoms with E-state index < -0.39 is 5.97 Å². The summed E-state index contributed by atoms with van der Waals surface area (Å²) < 4.78 is 27.9. The van der Waals surface area contributed by atoms with Crippen molar-refractivity contribution in [1.82, 2.24) is 14.8 Å². The van der Waals surface area contributed by atoms with E-state index in [-0.39, 0.29) is 6.61 Å². The van der Waals surface area contributed by atoms with Gasteiger partial charge in [-0.1, -0.05) is 6.07 Å². The Morgan fingerprint density at radius 3 is 2.24 bits per heavy atom. The summed E-state index contributed by atoms with van der Waals surface area (Å²) in [4.78, 5) is 23.3. The van der Waals surface area contributed by atoms with Crippen molar-refractivity contribution in [2.75, 3.05) is 68.3 Å². The van der Waals surface area contributed by atoms with Crippen molar-refractivity contribution in [3.63, 3.8) is 0 Å². The Morgan fingerprint density at radius 2 is 1.55 bits per heavy atom. The highest BCUT2D eigenvalue weighted by Gasteiger charge is 2.27. The van der Waals surface area contributed by atoms with Crippen LogP contribution in [-0.4, -0.2) is 89.0 Å². The number of hydrogen-bond donors (Lipinski definition) is 0. The van der Waals surface area contributed by atoms with Crippen LogP contribution in [0.5, 0.6) is 23.0 Å². The lowest BCUT2D eigenvalue weighted by Gasteiger charge is -2.23. The molecule has 0 N–H and O–H groups in total. The highest BCUT2D eigenvalue weighted by molar-refractivity contribution is 6.08. The lowest BCUT2D eigenvalue weighted by molar-refractivity contribution is 0.0524. The normalized spacial score (nSPS) is 14.7. The van der Waals surface area contributed by atoms with Crippen molar-refractivity contribution in [3.05, 3.63) is 41.6 Å². The van der Waals surface area contributed by atoms with Crippen molar-refractivity contribution in [3.8, 4) is 34.1 Å². The number of carbonyl (C=O) groups excluding carboxylic acids is 1. The van der Waals surface area contributed by atoms with Crippen LogP contribution in [0.2, 0.25) is 0 Å². The van der Waals surface area contributed by atoms with Crippen LogP contribution in [0.4, 0.5) is 0 Å². The number of esters is 1. The van der Waals surface area contributed by atoms with Crippen LogP contribution in [0.25, 0.3) is 22.0 Å². The quantitative estimate of drug-likeness (QED) is 0.382. The van der Waals surface area contributed by atoms with Crippen molar-refractivity contribution in [1.29, 1.82) is 0 Å². The zero-order valence-corrected chi connectivity index (χ0v) is 23.1. The molecule has 0 bridgehead atoms. The van der Waals surface area contributed by atoms with Gasteiger partial charge in [-0.3, -0.25) is 9.88 Å². The first-order chi connectivity index (χ1) is 18.4. The third-order valence-corrected chi connectivity index (χ3v) is 6.90. The molecular weight excluding hydrogens is 486 g/mol. The molecule has 2 heterocycles. The number of aromatic nitrogens is 1. The fourth-order valence-corrected chi connectivity index (χ4v) is 4.94. The molecular formula is C29H37N3O6. The number of hydrogen-bond acceptors (Lipinski definition) is 9. The van der Waals surface area contributed by atoms with Gasteiger partial charge in [0.2, 0.25) is 0 Å². The van der Waals surface area contributed by atoms with Crippen LogP contribution in [0, 0.1) is 0 Å². The molecule has 204 valence electrons. The summed E-state index contributed by atoms with van der Waals surface area (Å²) >= 11 is 0. The van der Waals surface area contributed by atoms with Gasteiger partial charge in [-0.15, -0.1) is 0 Å². The highest BCUT2D eigenvalue weighted by atomic mass is 16.5. The predicted molar refractivity (Wildman–Crippen MR) is 147 cm³/mol. The van der Waals surface area contributed by atoms with E-state index in [0.29, 0.717) is 51.9 Å². The molecule has 3 aromatic rings. The number of fused-ring (bicyclic) bond motifs is 1. The highest BCUT2D eigenvalue weighted by Crippen LogP contribution is 2.42. The lowest BCUT2D eigenvalue weighted by atomic mass is 9.93. The van der Waals surface area contributed by atoms with Crippen LogP contribution in [-0.2, 0) is 11.3 Å². The van der Waals surface area contributed by atoms with Gasteiger partial charge in [-0.05, 0) is 57.2 Å². The first-order valence-electron chi connectivity index (χ1n) is 12.8. The average Bonchev–Trinajstić information content (AvgIpc) is 3.14. The molecule has 2 aromatic carbocycles. The van der Waals surface area contributed by atoms with E-state index >= 15 is 0 Å². The summed E-state index contributed by atoms with van der Waals surface area (Å²) in [5, 5.41) is 0.747. The maximum atomic E-state index is 13.6. The summed E-state index contributed by atoms with van der Waals surface area (Å²) in [6.07, 6.45) is 1.05. The molecule has 0 radical (unpaired) electrons. The van der Waals surface area contributed by atoms with Gasteiger partial charge in [-0.2, -0.15) is 0 Å². The van der Waals surface area contributed by atoms with E-state index in [1.165, 1.54) is 0 Å². The van der Waals surface area contributed by atoms with Gasteiger partial charge < -0.3 is 28.6 Å². The third-order valence-electron chi connectivity index (χ3n) is 6.90. The minimum atomic E-state index is -0.414. The molecule has 0 saturated carbocycles. The summed E-state index contributed by atoms with van der Waals surface area (Å²) in [5.74, 6) is 1.85. The number of rotatable bonds is 9. The van der Waals surface area contributed by atoms with E-state index in [2.05, 4.69) is 16.8 Å². The Morgan fingerprint density at radius 1 is 0.868 bits per heavy atom. The van der Waals surface area contributed by atoms with Crippen LogP contribution < -0.4 is 18.9 Å². The summed E-state index contributed by atoms with van der Waals surface area (Å²) in [5.41, 5.74) is 3.29. The van der Waals surface area contributed by atoms with Crippen LogP contribution in [0.3, 0.4) is 0 Å². The number of pyridine rings is 1. The number of methoxy groups -OCH3 is 4. The molecule has 4 rings (SSSR count). The van der Waals surface area contributed by atoms with E-state index in [1.54, 1.807) is 35.4 Å². The van der Waals surface area contributed by atoms with Gasteiger partial charge in [0.15, 0.2) is 23.0 Å². The zero-order chi connectivity index (χ0) is 27.2. The zero-order valence-electron chi connectivity index (χ0n) is 23.1. The number of likely N-dealkylation sites (N-methyl/N-ethyl adjacent to an activating group) is 1. The second kappa shape index (κ2) is 12.3. The molecule has 9 nitrogen and oxygen atoms in total. The molecule has 1 fully saturated rings. The van der Waals surface area contributed by atoms with Crippen molar-refractivity contribution < 1.29 is 28.5 Å². The average molecular weight is 524 g/mol. The molecule has 0 atom stereocenters. The SMILES string of the molecule is CCOC(=O)c1c(CN2CCCN(C)CC2)nc2cc(OC)c(OC)cc2c1-c1ccc(OC)c(OC)c1. The van der Waals surface area contributed by atoms with Crippen molar-refractivity contribution in [2.24, 2.45) is 0 Å². The monoisotopic (exact) mass is 523 g/mol. The number of benzene rings is 2. The Balaban J connectivity index is 2.02. The van der Waals surface area contributed by atoms with Gasteiger partial charge in [-0.25, -0.2) is 4.79 Å². The van der Waals surface area contributed by atoms with E-state index in [9.17, 15) is 4.79 Å². The van der Waals surface area contributed by atoms with E-state index in [4.69, 9.17) is 28.7 Å². The van der Waals surface area contributed by atoms with E-state index in [0.717, 1.165) is 43.5 Å². The minimum absolute atomic E-state index is 0.252. The predicted octanol–water partition coefficient (Wildman–Crippen LogP) is 4.25. The van der Waals surface area contributed by atoms with Crippen LogP contribution in [0.1, 0.15) is 29.4 Å². The smallest absolute Gasteiger partial charge is 0.340 e. The Hall–Kier alpha value is -3.56. The standard InChI is InChI=1S/C29H37N3O6/c1-7-38-29(33)28-22(18-32-12-8-11-31(2)13-14-32)30-21-17-26(37-6)25(36-5)16-20(21)27(28)19-9-10-23(34-3)24(15-19)35-4/h9-10,15-17H,7-8,11-14,18H2,1-6H3. The van der Waals surface area contributed by atoms with Crippen molar-refractivity contribution >= 4 is 16.9 Å². The first-order valence-corrected chi connectivity index (χ1v) is 12.8. The number of carbonyl (C=O) groups is 1. The molecule has 1 aliphatic heterocycles. The fraction of sp³-hybridized carbons (Fsp3) is 0.448. The Labute approximate surface area is 224 Å². The topological polar surface area (TPSA) is 82.6 Å². The van der Waals surface area contributed by atoms with Gasteiger partial charge in [0.1, 0.15) is 0 Å². The fourth-order valence-electron chi connectivity index (χ4n) is 4.94. The number of nitrogens with zero attached hydrogens (tertiary/aromatic N) is 3. The van der Waals surface area contributed by atoms with Gasteiger partial charge >= 0.3 is 5.97 Å². The largest absolute Gasteiger partial charge is 0.493 e. The van der Waals surface area contributed by atoms with Gasteiger partial charge in [0.05, 0.1) is 51.8 Å². The van der Waals surface area contributed by atoms with Crippen LogP contribution >= 0.6 is 0 Å². The number of ether oxygens (including phenoxy) is 5. The summed E-state index contributed by atoms with van der Waals surface area (Å²) in [6, 6.07) is 9.34. The molecule has 0 aliphatic carbocycles. The van der Waals surface area contributed by atoms with Crippen LogP contribution in [0.15, 0.2) is 30.3 Å². The maximum absolute atomic E-state index is 13.6. The van der Waals surface area contributed by atoms with Gasteiger partial charge in [0, 0.05) is 36.7 Å². The molecule has 1 saturated heterocycles. The van der Waals surface area contributed by atoms with Gasteiger partial charge in [0.25, 0.3) is 0 Å². The molecule has 38 heavy (non-hydrogen) atoms. The third kappa shape index (κ3) is 5.63. The molecule has 0 unspecified atom stereocenters. The summed E-state index contributed by atoms with van der Waals surface area (Å²) in [7, 11) is 8.51. The second-order valence-corrected chi connectivity index (χ2v) is 9.26. The van der Waals surface area contributed by atoms with E-state index in [1.807, 2.05) is 30.3 Å². The molecule has 0 spiro atoms. The minimum Gasteiger partial charge on any atom is -0.493 e. The molecule has 1 aromatic heterocycles. The molecule has 9 heteroatoms. The first kappa shape index (κ1) is 27.5.